The lowest BCUT2D eigenvalue weighted by Gasteiger charge is -2.10. The summed E-state index contributed by atoms with van der Waals surface area (Å²) in [5, 5.41) is 9.17. The minimum Gasteiger partial charge on any atom is -0.311 e. The highest BCUT2D eigenvalue weighted by Crippen LogP contribution is 2.29. The summed E-state index contributed by atoms with van der Waals surface area (Å²) in [6, 6.07) is 20.2. The Bertz CT molecular complexity index is 1190. The van der Waals surface area contributed by atoms with Gasteiger partial charge in [-0.3, -0.25) is 4.79 Å². The van der Waals surface area contributed by atoms with Crippen LogP contribution in [-0.4, -0.2) is 46.8 Å². The predicted molar refractivity (Wildman–Crippen MR) is 122 cm³/mol. The third-order valence-corrected chi connectivity index (χ3v) is 5.14. The van der Waals surface area contributed by atoms with Crippen LogP contribution >= 0.6 is 0 Å². The maximum atomic E-state index is 12.8. The highest BCUT2D eigenvalue weighted by Gasteiger charge is 2.16. The number of fused-ring (bicyclic) bond motifs is 1. The number of para-hydroxylation sites is 1. The molecule has 154 valence electrons. The molecule has 6 nitrogen and oxygen atoms in total. The second-order valence-corrected chi connectivity index (χ2v) is 7.83. The summed E-state index contributed by atoms with van der Waals surface area (Å²) >= 11 is 0. The Morgan fingerprint density at radius 3 is 2.50 bits per heavy atom. The molecule has 4 rings (SSSR count). The minimum absolute atomic E-state index is 0.0904. The zero-order valence-corrected chi connectivity index (χ0v) is 17.6. The van der Waals surface area contributed by atoms with Crippen molar-refractivity contribution in [2.24, 2.45) is 0 Å². The fourth-order valence-electron chi connectivity index (χ4n) is 3.45. The molecule has 0 atom stereocenters. The molecule has 6 heteroatoms. The zero-order chi connectivity index (χ0) is 21.1. The zero-order valence-electron chi connectivity index (χ0n) is 17.6. The fourth-order valence-corrected chi connectivity index (χ4v) is 3.45. The lowest BCUT2D eigenvalue weighted by molar-refractivity contribution is 0.400. The van der Waals surface area contributed by atoms with Crippen molar-refractivity contribution in [3.05, 3.63) is 82.1 Å². The van der Waals surface area contributed by atoms with Gasteiger partial charge in [0.05, 0.1) is 5.69 Å². The highest BCUT2D eigenvalue weighted by molar-refractivity contribution is 5.92. The summed E-state index contributed by atoms with van der Waals surface area (Å²) in [6.07, 6.45) is 0. The van der Waals surface area contributed by atoms with E-state index in [4.69, 9.17) is 5.10 Å². The van der Waals surface area contributed by atoms with Gasteiger partial charge in [0.2, 0.25) is 0 Å². The van der Waals surface area contributed by atoms with Crippen molar-refractivity contribution >= 4 is 11.0 Å². The molecule has 0 amide bonds. The van der Waals surface area contributed by atoms with E-state index in [1.165, 1.54) is 5.56 Å². The van der Waals surface area contributed by atoms with Gasteiger partial charge in [-0.05, 0) is 39.2 Å². The van der Waals surface area contributed by atoms with E-state index in [1.807, 2.05) is 55.2 Å². The van der Waals surface area contributed by atoms with Crippen LogP contribution in [0.1, 0.15) is 11.1 Å². The summed E-state index contributed by atoms with van der Waals surface area (Å²) in [5.74, 6) is 0. The molecule has 0 aliphatic carbocycles. The van der Waals surface area contributed by atoms with E-state index >= 15 is 0 Å². The van der Waals surface area contributed by atoms with Gasteiger partial charge in [-0.2, -0.15) is 5.10 Å². The Balaban J connectivity index is 1.81. The second-order valence-electron chi connectivity index (χ2n) is 7.83. The Kier molecular flexibility index (Phi) is 5.79. The molecule has 0 saturated carbocycles. The summed E-state index contributed by atoms with van der Waals surface area (Å²) in [5.41, 5.74) is 5.32. The van der Waals surface area contributed by atoms with Crippen LogP contribution in [-0.2, 0) is 6.54 Å². The molecule has 0 fully saturated rings. The summed E-state index contributed by atoms with van der Waals surface area (Å²) in [6.45, 7) is 4.32. The number of nitrogens with one attached hydrogen (secondary N) is 2. The lowest BCUT2D eigenvalue weighted by atomic mass is 10.1. The first-order valence-corrected chi connectivity index (χ1v) is 10.2. The first-order chi connectivity index (χ1) is 14.5. The molecule has 2 aromatic carbocycles. The topological polar surface area (TPSA) is 66.0 Å². The smallest absolute Gasteiger partial charge is 0.254 e. The lowest BCUT2D eigenvalue weighted by Crippen LogP contribution is -2.28. The standard InChI is InChI=1S/C24H27N5O/c1-17-9-11-18(12-10-17)22-21-15-19(16-25-13-14-28(2)3)24(30)26-23(21)29(27-22)20-7-5-4-6-8-20/h4-12,15,25H,13-14,16H2,1-3H3,(H,26,30). The van der Waals surface area contributed by atoms with Crippen molar-refractivity contribution < 1.29 is 0 Å². The Labute approximate surface area is 176 Å². The number of hydrogen-bond donors (Lipinski definition) is 2. The number of H-pyrrole nitrogens is 1. The second kappa shape index (κ2) is 8.65. The van der Waals surface area contributed by atoms with E-state index in [-0.39, 0.29) is 5.56 Å². The van der Waals surface area contributed by atoms with Crippen LogP contribution in [0.2, 0.25) is 0 Å². The average molecular weight is 402 g/mol. The summed E-state index contributed by atoms with van der Waals surface area (Å²) in [7, 11) is 4.07. The van der Waals surface area contributed by atoms with Crippen LogP contribution < -0.4 is 10.9 Å². The van der Waals surface area contributed by atoms with Crippen LogP contribution in [0.3, 0.4) is 0 Å². The number of benzene rings is 2. The molecule has 0 unspecified atom stereocenters. The van der Waals surface area contributed by atoms with Gasteiger partial charge >= 0.3 is 0 Å². The van der Waals surface area contributed by atoms with Crippen molar-refractivity contribution in [1.29, 1.82) is 0 Å². The highest BCUT2D eigenvalue weighted by atomic mass is 16.1. The Hall–Kier alpha value is -3.22. The number of rotatable bonds is 7. The molecule has 0 radical (unpaired) electrons. The van der Waals surface area contributed by atoms with E-state index in [2.05, 4.69) is 46.4 Å². The quantitative estimate of drug-likeness (QED) is 0.466. The van der Waals surface area contributed by atoms with Crippen LogP contribution in [0.4, 0.5) is 0 Å². The summed E-state index contributed by atoms with van der Waals surface area (Å²) < 4.78 is 1.81. The van der Waals surface area contributed by atoms with Crippen molar-refractivity contribution in [2.75, 3.05) is 27.2 Å². The molecule has 0 bridgehead atoms. The van der Waals surface area contributed by atoms with Crippen molar-refractivity contribution in [2.45, 2.75) is 13.5 Å². The third-order valence-electron chi connectivity index (χ3n) is 5.14. The van der Waals surface area contributed by atoms with Crippen LogP contribution in [0.5, 0.6) is 0 Å². The van der Waals surface area contributed by atoms with E-state index in [0.717, 1.165) is 35.4 Å². The average Bonchev–Trinajstić information content (AvgIpc) is 3.10. The van der Waals surface area contributed by atoms with Gasteiger partial charge in [0.1, 0.15) is 11.3 Å². The van der Waals surface area contributed by atoms with E-state index in [0.29, 0.717) is 17.8 Å². The van der Waals surface area contributed by atoms with Crippen LogP contribution in [0.25, 0.3) is 28.0 Å². The molecule has 2 aromatic heterocycles. The van der Waals surface area contributed by atoms with Crippen LogP contribution in [0.15, 0.2) is 65.5 Å². The fraction of sp³-hybridized carbons (Fsp3) is 0.250. The Morgan fingerprint density at radius 1 is 1.07 bits per heavy atom. The molecular formula is C24H27N5O. The number of aromatic amines is 1. The maximum absolute atomic E-state index is 12.8. The van der Waals surface area contributed by atoms with Gasteiger partial charge in [-0.25, -0.2) is 4.68 Å². The van der Waals surface area contributed by atoms with Gasteiger partial charge in [0.15, 0.2) is 0 Å². The van der Waals surface area contributed by atoms with E-state index in [1.54, 1.807) is 0 Å². The predicted octanol–water partition coefficient (Wildman–Crippen LogP) is 3.34. The van der Waals surface area contributed by atoms with Crippen molar-refractivity contribution in [1.82, 2.24) is 25.0 Å². The van der Waals surface area contributed by atoms with Gasteiger partial charge in [0, 0.05) is 36.1 Å². The number of pyridine rings is 1. The molecule has 0 spiro atoms. The van der Waals surface area contributed by atoms with E-state index in [9.17, 15) is 4.79 Å². The van der Waals surface area contributed by atoms with E-state index < -0.39 is 0 Å². The first kappa shape index (κ1) is 20.1. The molecule has 2 heterocycles. The third kappa shape index (κ3) is 4.20. The minimum atomic E-state index is -0.0904. The molecule has 0 saturated heterocycles. The van der Waals surface area contributed by atoms with Crippen molar-refractivity contribution in [3.63, 3.8) is 0 Å². The first-order valence-electron chi connectivity index (χ1n) is 10.2. The van der Waals surface area contributed by atoms with Crippen LogP contribution in [0, 0.1) is 6.92 Å². The number of aromatic nitrogens is 3. The van der Waals surface area contributed by atoms with Gasteiger partial charge < -0.3 is 15.2 Å². The molecule has 4 aromatic rings. The molecule has 0 aliphatic heterocycles. The molecule has 30 heavy (non-hydrogen) atoms. The van der Waals surface area contributed by atoms with Gasteiger partial charge in [0.25, 0.3) is 5.56 Å². The molecular weight excluding hydrogens is 374 g/mol. The van der Waals surface area contributed by atoms with Crippen molar-refractivity contribution in [3.8, 4) is 16.9 Å². The maximum Gasteiger partial charge on any atom is 0.254 e. The molecule has 0 aliphatic rings. The number of hydrogen-bond acceptors (Lipinski definition) is 4. The monoisotopic (exact) mass is 401 g/mol. The Morgan fingerprint density at radius 2 is 1.80 bits per heavy atom. The SMILES string of the molecule is Cc1ccc(-c2nn(-c3ccccc3)c3[nH]c(=O)c(CNCCN(C)C)cc23)cc1. The van der Waals surface area contributed by atoms with Gasteiger partial charge in [-0.15, -0.1) is 0 Å². The number of likely N-dealkylation sites (N-methyl/N-ethyl adjacent to an activating group) is 1. The molecule has 2 N–H and O–H groups in total. The number of aryl methyl sites for hydroxylation is 1. The number of nitrogens with zero attached hydrogens (tertiary/aromatic N) is 3. The van der Waals surface area contributed by atoms with Gasteiger partial charge in [-0.1, -0.05) is 48.0 Å². The normalized spacial score (nSPS) is 11.5. The summed E-state index contributed by atoms with van der Waals surface area (Å²) in [4.78, 5) is 18.0. The largest absolute Gasteiger partial charge is 0.311 e.